The van der Waals surface area contributed by atoms with Crippen molar-refractivity contribution in [3.8, 4) is 0 Å². The largest absolute Gasteiger partial charge is 0.372 e. The molecule has 0 aromatic carbocycles. The standard InChI is InChI=1S/C16H30N4/c1-18(16-14-17-19(2)15-16)10-6-3-4-7-11-20-12-8-5-9-13-20/h14-15H,3-13H2,1-2H3. The normalized spacial score (nSPS) is 16.5. The number of likely N-dealkylation sites (tertiary alicyclic amines) is 1. The van der Waals surface area contributed by atoms with E-state index in [1.807, 2.05) is 17.9 Å². The number of piperidine rings is 1. The molecule has 1 aliphatic rings. The minimum Gasteiger partial charge on any atom is -0.372 e. The Morgan fingerprint density at radius 2 is 1.85 bits per heavy atom. The lowest BCUT2D eigenvalue weighted by atomic mass is 10.1. The van der Waals surface area contributed by atoms with Crippen LogP contribution in [0.2, 0.25) is 0 Å². The average Bonchev–Trinajstić information content (AvgIpc) is 2.90. The van der Waals surface area contributed by atoms with Crippen molar-refractivity contribution in [2.75, 3.05) is 38.1 Å². The number of nitrogens with zero attached hydrogens (tertiary/aromatic N) is 4. The van der Waals surface area contributed by atoms with Crippen molar-refractivity contribution in [3.05, 3.63) is 12.4 Å². The lowest BCUT2D eigenvalue weighted by Gasteiger charge is -2.26. The first-order valence-electron chi connectivity index (χ1n) is 8.18. The van der Waals surface area contributed by atoms with Crippen LogP contribution in [0.1, 0.15) is 44.9 Å². The molecular formula is C16H30N4. The van der Waals surface area contributed by atoms with Crippen LogP contribution in [0, 0.1) is 0 Å². The minimum absolute atomic E-state index is 1.13. The molecule has 1 saturated heterocycles. The fraction of sp³-hybridized carbons (Fsp3) is 0.812. The zero-order valence-corrected chi connectivity index (χ0v) is 13.2. The number of anilines is 1. The SMILES string of the molecule is CN(CCCCCCN1CCCCC1)c1cnn(C)c1. The van der Waals surface area contributed by atoms with E-state index in [-0.39, 0.29) is 0 Å². The number of hydrogen-bond donors (Lipinski definition) is 0. The van der Waals surface area contributed by atoms with E-state index in [0.29, 0.717) is 0 Å². The van der Waals surface area contributed by atoms with Crippen molar-refractivity contribution in [1.29, 1.82) is 0 Å². The summed E-state index contributed by atoms with van der Waals surface area (Å²) in [7, 11) is 4.13. The number of hydrogen-bond acceptors (Lipinski definition) is 3. The number of aryl methyl sites for hydroxylation is 1. The van der Waals surface area contributed by atoms with Crippen LogP contribution in [0.3, 0.4) is 0 Å². The van der Waals surface area contributed by atoms with Gasteiger partial charge in [0.1, 0.15) is 0 Å². The lowest BCUT2D eigenvalue weighted by molar-refractivity contribution is 0.224. The lowest BCUT2D eigenvalue weighted by Crippen LogP contribution is -2.30. The van der Waals surface area contributed by atoms with Crippen LogP contribution in [0.15, 0.2) is 12.4 Å². The van der Waals surface area contributed by atoms with Crippen LogP contribution >= 0.6 is 0 Å². The Balaban J connectivity index is 1.49. The zero-order valence-electron chi connectivity index (χ0n) is 13.2. The number of unbranched alkanes of at least 4 members (excludes halogenated alkanes) is 3. The Hall–Kier alpha value is -1.03. The summed E-state index contributed by atoms with van der Waals surface area (Å²) in [6.45, 7) is 5.13. The van der Waals surface area contributed by atoms with Gasteiger partial charge in [0.25, 0.3) is 0 Å². The van der Waals surface area contributed by atoms with Gasteiger partial charge in [0, 0.05) is 26.8 Å². The van der Waals surface area contributed by atoms with Gasteiger partial charge >= 0.3 is 0 Å². The van der Waals surface area contributed by atoms with E-state index in [2.05, 4.69) is 28.1 Å². The molecule has 2 rings (SSSR count). The van der Waals surface area contributed by atoms with Crippen molar-refractivity contribution in [2.45, 2.75) is 44.9 Å². The van der Waals surface area contributed by atoms with Crippen LogP contribution in [-0.2, 0) is 7.05 Å². The molecule has 4 heteroatoms. The number of rotatable bonds is 8. The average molecular weight is 278 g/mol. The second kappa shape index (κ2) is 8.30. The summed E-state index contributed by atoms with van der Waals surface area (Å²) in [5, 5.41) is 4.22. The van der Waals surface area contributed by atoms with Crippen LogP contribution in [-0.4, -0.2) is 47.9 Å². The predicted octanol–water partition coefficient (Wildman–Crippen LogP) is 2.90. The van der Waals surface area contributed by atoms with E-state index in [9.17, 15) is 0 Å². The highest BCUT2D eigenvalue weighted by atomic mass is 15.3. The van der Waals surface area contributed by atoms with Gasteiger partial charge in [-0.1, -0.05) is 19.3 Å². The Morgan fingerprint density at radius 3 is 2.55 bits per heavy atom. The molecule has 0 radical (unpaired) electrons. The Bertz CT molecular complexity index is 368. The van der Waals surface area contributed by atoms with Crippen LogP contribution < -0.4 is 4.90 Å². The highest BCUT2D eigenvalue weighted by molar-refractivity contribution is 5.40. The molecule has 0 amide bonds. The molecular weight excluding hydrogens is 248 g/mol. The molecule has 2 heterocycles. The van der Waals surface area contributed by atoms with Gasteiger partial charge in [-0.3, -0.25) is 4.68 Å². The van der Waals surface area contributed by atoms with E-state index >= 15 is 0 Å². The molecule has 4 nitrogen and oxygen atoms in total. The quantitative estimate of drug-likeness (QED) is 0.683. The Kier molecular flexibility index (Phi) is 6.37. The molecule has 1 aromatic rings. The summed E-state index contributed by atoms with van der Waals surface area (Å²) >= 11 is 0. The van der Waals surface area contributed by atoms with Crippen LogP contribution in [0.4, 0.5) is 5.69 Å². The van der Waals surface area contributed by atoms with Gasteiger partial charge in [0.05, 0.1) is 11.9 Å². The maximum atomic E-state index is 4.22. The van der Waals surface area contributed by atoms with E-state index in [1.54, 1.807) is 0 Å². The van der Waals surface area contributed by atoms with Crippen molar-refractivity contribution in [1.82, 2.24) is 14.7 Å². The molecule has 0 unspecified atom stereocenters. The number of aromatic nitrogens is 2. The van der Waals surface area contributed by atoms with E-state index in [1.165, 1.54) is 70.3 Å². The summed E-state index contributed by atoms with van der Waals surface area (Å²) in [6, 6.07) is 0. The first-order valence-corrected chi connectivity index (χ1v) is 8.18. The summed E-state index contributed by atoms with van der Waals surface area (Å²) < 4.78 is 1.87. The van der Waals surface area contributed by atoms with Gasteiger partial charge in [-0.15, -0.1) is 0 Å². The van der Waals surface area contributed by atoms with Gasteiger partial charge < -0.3 is 9.80 Å². The third-order valence-corrected chi connectivity index (χ3v) is 4.30. The molecule has 1 fully saturated rings. The van der Waals surface area contributed by atoms with Gasteiger partial charge in [0.2, 0.25) is 0 Å². The van der Waals surface area contributed by atoms with Gasteiger partial charge in [-0.25, -0.2) is 0 Å². The molecule has 1 aliphatic heterocycles. The summed E-state index contributed by atoms with van der Waals surface area (Å²) in [5.74, 6) is 0. The van der Waals surface area contributed by atoms with E-state index in [0.717, 1.165) is 6.54 Å². The fourth-order valence-corrected chi connectivity index (χ4v) is 2.96. The molecule has 0 saturated carbocycles. The third-order valence-electron chi connectivity index (χ3n) is 4.30. The first kappa shape index (κ1) is 15.4. The summed E-state index contributed by atoms with van der Waals surface area (Å²) in [5.41, 5.74) is 1.22. The maximum Gasteiger partial charge on any atom is 0.0749 e. The maximum absolute atomic E-state index is 4.22. The second-order valence-corrected chi connectivity index (χ2v) is 6.11. The minimum atomic E-state index is 1.13. The van der Waals surface area contributed by atoms with Crippen LogP contribution in [0.25, 0.3) is 0 Å². The molecule has 1 aromatic heterocycles. The van der Waals surface area contributed by atoms with Crippen LogP contribution in [0.5, 0.6) is 0 Å². The smallest absolute Gasteiger partial charge is 0.0749 e. The Morgan fingerprint density at radius 1 is 1.10 bits per heavy atom. The highest BCUT2D eigenvalue weighted by Crippen LogP contribution is 2.13. The molecule has 0 spiro atoms. The highest BCUT2D eigenvalue weighted by Gasteiger charge is 2.08. The van der Waals surface area contributed by atoms with Gasteiger partial charge in [-0.2, -0.15) is 5.10 Å². The zero-order chi connectivity index (χ0) is 14.2. The second-order valence-electron chi connectivity index (χ2n) is 6.11. The third kappa shape index (κ3) is 5.16. The molecule has 0 bridgehead atoms. The van der Waals surface area contributed by atoms with Crippen molar-refractivity contribution < 1.29 is 0 Å². The van der Waals surface area contributed by atoms with Gasteiger partial charge in [-0.05, 0) is 45.3 Å². The molecule has 114 valence electrons. The molecule has 20 heavy (non-hydrogen) atoms. The Labute approximate surface area is 123 Å². The van der Waals surface area contributed by atoms with E-state index < -0.39 is 0 Å². The first-order chi connectivity index (χ1) is 9.75. The van der Waals surface area contributed by atoms with Gasteiger partial charge in [0.15, 0.2) is 0 Å². The van der Waals surface area contributed by atoms with Crippen molar-refractivity contribution in [3.63, 3.8) is 0 Å². The van der Waals surface area contributed by atoms with E-state index in [4.69, 9.17) is 0 Å². The topological polar surface area (TPSA) is 24.3 Å². The molecule has 0 aliphatic carbocycles. The molecule has 0 N–H and O–H groups in total. The van der Waals surface area contributed by atoms with Crippen molar-refractivity contribution >= 4 is 5.69 Å². The molecule has 0 atom stereocenters. The van der Waals surface area contributed by atoms with Crippen molar-refractivity contribution in [2.24, 2.45) is 7.05 Å². The predicted molar refractivity (Wildman–Crippen MR) is 85.2 cm³/mol. The summed E-state index contributed by atoms with van der Waals surface area (Å²) in [4.78, 5) is 4.95. The fourth-order valence-electron chi connectivity index (χ4n) is 2.96. The monoisotopic (exact) mass is 278 g/mol. The summed E-state index contributed by atoms with van der Waals surface area (Å²) in [6.07, 6.45) is 13.7.